The molecule has 1 heterocycles. The minimum Gasteiger partial charge on any atom is -0.399 e. The van der Waals surface area contributed by atoms with Gasteiger partial charge in [0.25, 0.3) is 0 Å². The number of oxime groups is 1. The molecule has 0 aliphatic carbocycles. The van der Waals surface area contributed by atoms with Crippen LogP contribution >= 0.6 is 0 Å². The van der Waals surface area contributed by atoms with Crippen LogP contribution in [-0.2, 0) is 4.84 Å². The number of nitrogens with zero attached hydrogens (tertiary/aromatic N) is 2. The van der Waals surface area contributed by atoms with E-state index in [4.69, 9.17) is 4.84 Å². The Morgan fingerprint density at radius 3 is 2.37 bits per heavy atom. The molecule has 3 heteroatoms. The van der Waals surface area contributed by atoms with E-state index < -0.39 is 0 Å². The van der Waals surface area contributed by atoms with Crippen LogP contribution in [0.15, 0.2) is 29.4 Å². The Balaban J connectivity index is 2.13. The predicted molar refractivity (Wildman–Crippen MR) is 80.9 cm³/mol. The maximum Gasteiger partial charge on any atom is 0.106 e. The predicted octanol–water partition coefficient (Wildman–Crippen LogP) is 3.68. The summed E-state index contributed by atoms with van der Waals surface area (Å²) < 4.78 is 0. The molecular formula is C16H24N2O. The van der Waals surface area contributed by atoms with E-state index in [9.17, 15) is 0 Å². The summed E-state index contributed by atoms with van der Waals surface area (Å²) in [5, 5.41) is 4.16. The fourth-order valence-electron chi connectivity index (χ4n) is 2.54. The Morgan fingerprint density at radius 1 is 1.21 bits per heavy atom. The molecule has 0 aromatic heterocycles. The van der Waals surface area contributed by atoms with E-state index in [1.54, 1.807) is 7.11 Å². The number of hydrogen-bond acceptors (Lipinski definition) is 3. The van der Waals surface area contributed by atoms with Crippen molar-refractivity contribution in [1.29, 1.82) is 0 Å². The van der Waals surface area contributed by atoms with Crippen molar-refractivity contribution in [2.75, 3.05) is 25.1 Å². The number of rotatable bonds is 5. The molecule has 0 unspecified atom stereocenters. The first-order chi connectivity index (χ1) is 9.20. The fraction of sp³-hybridized carbons (Fsp3) is 0.562. The van der Waals surface area contributed by atoms with Gasteiger partial charge in [-0.15, -0.1) is 0 Å². The zero-order valence-electron chi connectivity index (χ0n) is 12.2. The lowest BCUT2D eigenvalue weighted by Crippen LogP contribution is -2.17. The highest BCUT2D eigenvalue weighted by atomic mass is 16.6. The summed E-state index contributed by atoms with van der Waals surface area (Å²) >= 11 is 0. The smallest absolute Gasteiger partial charge is 0.106 e. The van der Waals surface area contributed by atoms with Crippen LogP contribution in [0.5, 0.6) is 0 Å². The summed E-state index contributed by atoms with van der Waals surface area (Å²) in [6.07, 6.45) is 3.56. The second-order valence-electron chi connectivity index (χ2n) is 5.56. The second-order valence-corrected chi connectivity index (χ2v) is 5.56. The van der Waals surface area contributed by atoms with Gasteiger partial charge in [-0.2, -0.15) is 0 Å². The van der Waals surface area contributed by atoms with Crippen molar-refractivity contribution in [3.8, 4) is 0 Å². The third-order valence-electron chi connectivity index (χ3n) is 3.47. The number of benzene rings is 1. The molecular weight excluding hydrogens is 236 g/mol. The normalized spacial score (nSPS) is 16.2. The lowest BCUT2D eigenvalue weighted by molar-refractivity contribution is 0.212. The van der Waals surface area contributed by atoms with Crippen molar-refractivity contribution in [2.24, 2.45) is 11.1 Å². The average Bonchev–Trinajstić information content (AvgIpc) is 2.92. The SMILES string of the molecule is CO/N=C(\CC(C)C)c1ccc(N2CCCC2)cc1. The highest BCUT2D eigenvalue weighted by molar-refractivity contribution is 6.00. The molecule has 0 spiro atoms. The lowest BCUT2D eigenvalue weighted by atomic mass is 10.0. The van der Waals surface area contributed by atoms with Crippen molar-refractivity contribution in [3.63, 3.8) is 0 Å². The zero-order chi connectivity index (χ0) is 13.7. The Bertz CT molecular complexity index is 417. The molecule has 1 aliphatic rings. The van der Waals surface area contributed by atoms with Gasteiger partial charge in [-0.1, -0.05) is 31.1 Å². The van der Waals surface area contributed by atoms with Crippen LogP contribution in [0.25, 0.3) is 0 Å². The highest BCUT2D eigenvalue weighted by Gasteiger charge is 2.13. The first-order valence-corrected chi connectivity index (χ1v) is 7.16. The van der Waals surface area contributed by atoms with Gasteiger partial charge in [0.05, 0.1) is 5.71 Å². The molecule has 104 valence electrons. The van der Waals surface area contributed by atoms with Crippen molar-refractivity contribution < 1.29 is 4.84 Å². The first kappa shape index (κ1) is 13.9. The Morgan fingerprint density at radius 2 is 1.84 bits per heavy atom. The van der Waals surface area contributed by atoms with Gasteiger partial charge in [0.1, 0.15) is 7.11 Å². The Kier molecular flexibility index (Phi) is 4.83. The van der Waals surface area contributed by atoms with E-state index >= 15 is 0 Å². The highest BCUT2D eigenvalue weighted by Crippen LogP contribution is 2.21. The maximum atomic E-state index is 4.97. The molecule has 2 rings (SSSR count). The Hall–Kier alpha value is -1.51. The molecule has 1 aromatic carbocycles. The van der Waals surface area contributed by atoms with Crippen molar-refractivity contribution in [1.82, 2.24) is 0 Å². The Labute approximate surface area is 116 Å². The second kappa shape index (κ2) is 6.60. The van der Waals surface area contributed by atoms with Crippen LogP contribution in [0, 0.1) is 5.92 Å². The van der Waals surface area contributed by atoms with Crippen LogP contribution in [0.3, 0.4) is 0 Å². The topological polar surface area (TPSA) is 24.8 Å². The van der Waals surface area contributed by atoms with Crippen LogP contribution in [0.4, 0.5) is 5.69 Å². The molecule has 1 aromatic rings. The van der Waals surface area contributed by atoms with E-state index in [0.29, 0.717) is 5.92 Å². The molecule has 1 aliphatic heterocycles. The van der Waals surface area contributed by atoms with Gasteiger partial charge < -0.3 is 9.74 Å². The van der Waals surface area contributed by atoms with E-state index in [1.807, 2.05) is 0 Å². The molecule has 0 amide bonds. The van der Waals surface area contributed by atoms with Gasteiger partial charge in [0.15, 0.2) is 0 Å². The maximum absolute atomic E-state index is 4.97. The summed E-state index contributed by atoms with van der Waals surface area (Å²) in [7, 11) is 1.61. The van der Waals surface area contributed by atoms with E-state index in [0.717, 1.165) is 12.1 Å². The van der Waals surface area contributed by atoms with Crippen LogP contribution in [0.2, 0.25) is 0 Å². The molecule has 0 N–H and O–H groups in total. The van der Waals surface area contributed by atoms with Gasteiger partial charge in [-0.3, -0.25) is 0 Å². The van der Waals surface area contributed by atoms with Crippen LogP contribution < -0.4 is 4.90 Å². The average molecular weight is 260 g/mol. The fourth-order valence-corrected chi connectivity index (χ4v) is 2.54. The summed E-state index contributed by atoms with van der Waals surface area (Å²) in [6, 6.07) is 8.72. The monoisotopic (exact) mass is 260 g/mol. The lowest BCUT2D eigenvalue weighted by Gasteiger charge is -2.18. The van der Waals surface area contributed by atoms with Crippen molar-refractivity contribution in [3.05, 3.63) is 29.8 Å². The van der Waals surface area contributed by atoms with Gasteiger partial charge in [-0.05, 0) is 42.9 Å². The molecule has 1 fully saturated rings. The molecule has 0 saturated carbocycles. The minimum absolute atomic E-state index is 0.576. The van der Waals surface area contributed by atoms with Gasteiger partial charge in [0.2, 0.25) is 0 Å². The minimum atomic E-state index is 0.576. The van der Waals surface area contributed by atoms with Crippen molar-refractivity contribution >= 4 is 11.4 Å². The summed E-state index contributed by atoms with van der Waals surface area (Å²) in [5.74, 6) is 0.576. The molecule has 0 atom stereocenters. The largest absolute Gasteiger partial charge is 0.399 e. The van der Waals surface area contributed by atoms with E-state index in [2.05, 4.69) is 48.2 Å². The van der Waals surface area contributed by atoms with E-state index in [-0.39, 0.29) is 0 Å². The first-order valence-electron chi connectivity index (χ1n) is 7.16. The zero-order valence-corrected chi connectivity index (χ0v) is 12.2. The number of hydrogen-bond donors (Lipinski definition) is 0. The van der Waals surface area contributed by atoms with Crippen molar-refractivity contribution in [2.45, 2.75) is 33.1 Å². The molecule has 0 bridgehead atoms. The van der Waals surface area contributed by atoms with Gasteiger partial charge >= 0.3 is 0 Å². The molecule has 3 nitrogen and oxygen atoms in total. The molecule has 1 saturated heterocycles. The standard InChI is InChI=1S/C16H24N2O/c1-13(2)12-16(17-19-3)14-6-8-15(9-7-14)18-10-4-5-11-18/h6-9,13H,4-5,10-12H2,1-3H3/b17-16+. The molecule has 0 radical (unpaired) electrons. The molecule has 19 heavy (non-hydrogen) atoms. The quantitative estimate of drug-likeness (QED) is 0.596. The third-order valence-corrected chi connectivity index (χ3v) is 3.47. The summed E-state index contributed by atoms with van der Waals surface area (Å²) in [6.45, 7) is 6.77. The van der Waals surface area contributed by atoms with Crippen LogP contribution in [0.1, 0.15) is 38.7 Å². The van der Waals surface area contributed by atoms with Gasteiger partial charge in [-0.25, -0.2) is 0 Å². The van der Waals surface area contributed by atoms with Crippen LogP contribution in [-0.4, -0.2) is 25.9 Å². The third kappa shape index (κ3) is 3.72. The van der Waals surface area contributed by atoms with E-state index in [1.165, 1.54) is 37.2 Å². The summed E-state index contributed by atoms with van der Waals surface area (Å²) in [5.41, 5.74) is 3.52. The van der Waals surface area contributed by atoms with Gasteiger partial charge in [0, 0.05) is 18.8 Å². The number of anilines is 1. The summed E-state index contributed by atoms with van der Waals surface area (Å²) in [4.78, 5) is 7.41.